The van der Waals surface area contributed by atoms with E-state index in [-0.39, 0.29) is 5.91 Å². The maximum atomic E-state index is 12.1. The van der Waals surface area contributed by atoms with E-state index in [4.69, 9.17) is 4.52 Å². The molecule has 1 amide bonds. The summed E-state index contributed by atoms with van der Waals surface area (Å²) in [5, 5.41) is 3.77. The number of hydrogen-bond acceptors (Lipinski definition) is 5. The van der Waals surface area contributed by atoms with Crippen LogP contribution in [0, 0.1) is 0 Å². The Bertz CT molecular complexity index is 570. The molecule has 0 saturated heterocycles. The van der Waals surface area contributed by atoms with Crippen molar-refractivity contribution in [3.63, 3.8) is 0 Å². The lowest BCUT2D eigenvalue weighted by Gasteiger charge is -2.25. The molecular weight excluding hydrogens is 262 g/mol. The molecule has 0 bridgehead atoms. The average Bonchev–Trinajstić information content (AvgIpc) is 2.93. The topological polar surface area (TPSA) is 59.2 Å². The Hall–Kier alpha value is -1.82. The molecule has 5 nitrogen and oxygen atoms in total. The van der Waals surface area contributed by atoms with Gasteiger partial charge in [-0.05, 0) is 12.1 Å². The van der Waals surface area contributed by atoms with E-state index in [0.717, 1.165) is 22.6 Å². The molecule has 3 heterocycles. The minimum absolute atomic E-state index is 0.147. The third-order valence-corrected chi connectivity index (χ3v) is 4.06. The lowest BCUT2D eigenvalue weighted by atomic mass is 10.1. The predicted octanol–water partition coefficient (Wildman–Crippen LogP) is 1.75. The zero-order valence-corrected chi connectivity index (χ0v) is 11.1. The van der Waals surface area contributed by atoms with Gasteiger partial charge in [0, 0.05) is 35.8 Å². The van der Waals surface area contributed by atoms with Crippen molar-refractivity contribution in [1.29, 1.82) is 0 Å². The van der Waals surface area contributed by atoms with Crippen LogP contribution in [0.3, 0.4) is 0 Å². The zero-order chi connectivity index (χ0) is 13.1. The lowest BCUT2D eigenvalue weighted by Crippen LogP contribution is -2.36. The molecule has 0 fully saturated rings. The van der Waals surface area contributed by atoms with Gasteiger partial charge in [0.1, 0.15) is 5.76 Å². The molecule has 0 unspecified atom stereocenters. The summed E-state index contributed by atoms with van der Waals surface area (Å²) in [4.78, 5) is 19.0. The van der Waals surface area contributed by atoms with Gasteiger partial charge < -0.3 is 9.42 Å². The molecule has 0 atom stereocenters. The van der Waals surface area contributed by atoms with Crippen LogP contribution in [0.5, 0.6) is 0 Å². The molecule has 19 heavy (non-hydrogen) atoms. The van der Waals surface area contributed by atoms with Gasteiger partial charge >= 0.3 is 0 Å². The summed E-state index contributed by atoms with van der Waals surface area (Å²) in [6.45, 7) is 1.31. The van der Waals surface area contributed by atoms with Crippen LogP contribution >= 0.6 is 11.8 Å². The van der Waals surface area contributed by atoms with Gasteiger partial charge in [0.25, 0.3) is 0 Å². The van der Waals surface area contributed by atoms with Crippen molar-refractivity contribution in [3.8, 4) is 0 Å². The Labute approximate surface area is 115 Å². The quantitative estimate of drug-likeness (QED) is 0.799. The van der Waals surface area contributed by atoms with E-state index >= 15 is 0 Å². The van der Waals surface area contributed by atoms with E-state index in [1.807, 2.05) is 17.0 Å². The van der Waals surface area contributed by atoms with Gasteiger partial charge in [0.05, 0.1) is 18.5 Å². The van der Waals surface area contributed by atoms with Crippen LogP contribution in [0.4, 0.5) is 0 Å². The molecule has 0 spiro atoms. The molecule has 3 rings (SSSR count). The van der Waals surface area contributed by atoms with Gasteiger partial charge in [0.2, 0.25) is 5.91 Å². The van der Waals surface area contributed by atoms with Crippen LogP contribution in [0.2, 0.25) is 0 Å². The van der Waals surface area contributed by atoms with Crippen molar-refractivity contribution in [1.82, 2.24) is 15.0 Å². The third kappa shape index (κ3) is 2.78. The highest BCUT2D eigenvalue weighted by Crippen LogP contribution is 2.21. The van der Waals surface area contributed by atoms with Gasteiger partial charge in [-0.15, -0.1) is 11.8 Å². The van der Waals surface area contributed by atoms with Crippen LogP contribution in [0.1, 0.15) is 11.3 Å². The summed E-state index contributed by atoms with van der Waals surface area (Å²) in [6, 6.07) is 3.82. The predicted molar refractivity (Wildman–Crippen MR) is 70.6 cm³/mol. The Balaban J connectivity index is 1.57. The first-order valence-electron chi connectivity index (χ1n) is 6.06. The van der Waals surface area contributed by atoms with Gasteiger partial charge in [-0.2, -0.15) is 0 Å². The average molecular weight is 275 g/mol. The molecule has 0 N–H and O–H groups in total. The van der Waals surface area contributed by atoms with Crippen LogP contribution in [-0.4, -0.2) is 33.2 Å². The number of carbonyl (C=O) groups is 1. The molecule has 2 aromatic heterocycles. The summed E-state index contributed by atoms with van der Waals surface area (Å²) in [7, 11) is 0. The maximum Gasteiger partial charge on any atom is 0.233 e. The Morgan fingerprint density at radius 2 is 2.26 bits per heavy atom. The largest absolute Gasteiger partial charge is 0.361 e. The van der Waals surface area contributed by atoms with Crippen molar-refractivity contribution in [2.24, 2.45) is 0 Å². The molecule has 0 aromatic carbocycles. The van der Waals surface area contributed by atoms with Crippen LogP contribution in [0.15, 0.2) is 40.1 Å². The molecule has 6 heteroatoms. The van der Waals surface area contributed by atoms with Gasteiger partial charge in [-0.25, -0.2) is 0 Å². The molecule has 0 aliphatic carbocycles. The minimum Gasteiger partial charge on any atom is -0.361 e. The Kier molecular flexibility index (Phi) is 3.50. The SMILES string of the molecule is O=C(CSc1ccncc1)N1CCc2oncc2C1. The van der Waals surface area contributed by atoms with Crippen molar-refractivity contribution < 1.29 is 9.32 Å². The maximum absolute atomic E-state index is 12.1. The number of nitrogens with zero attached hydrogens (tertiary/aromatic N) is 3. The normalized spacial score (nSPS) is 14.2. The summed E-state index contributed by atoms with van der Waals surface area (Å²) >= 11 is 1.54. The third-order valence-electron chi connectivity index (χ3n) is 3.06. The number of amides is 1. The second kappa shape index (κ2) is 5.44. The number of pyridine rings is 1. The summed E-state index contributed by atoms with van der Waals surface area (Å²) in [6.07, 6.45) is 5.92. The summed E-state index contributed by atoms with van der Waals surface area (Å²) in [5.74, 6) is 1.50. The van der Waals surface area contributed by atoms with Crippen molar-refractivity contribution in [3.05, 3.63) is 42.0 Å². The fourth-order valence-electron chi connectivity index (χ4n) is 2.02. The standard InChI is InChI=1S/C13H13N3O2S/c17-13(9-19-11-1-4-14-5-2-11)16-6-3-12-10(8-16)7-15-18-12/h1-2,4-5,7H,3,6,8-9H2. The van der Waals surface area contributed by atoms with Gasteiger partial charge in [0.15, 0.2) is 0 Å². The first-order chi connectivity index (χ1) is 9.33. The molecule has 2 aromatic rings. The van der Waals surface area contributed by atoms with Crippen molar-refractivity contribution in [2.75, 3.05) is 12.3 Å². The minimum atomic E-state index is 0.147. The van der Waals surface area contributed by atoms with Crippen LogP contribution in [0.25, 0.3) is 0 Å². The highest BCUT2D eigenvalue weighted by Gasteiger charge is 2.23. The van der Waals surface area contributed by atoms with Gasteiger partial charge in [-0.3, -0.25) is 9.78 Å². The van der Waals surface area contributed by atoms with Crippen molar-refractivity contribution in [2.45, 2.75) is 17.9 Å². The highest BCUT2D eigenvalue weighted by atomic mass is 32.2. The van der Waals surface area contributed by atoms with Gasteiger partial charge in [-0.1, -0.05) is 5.16 Å². The fraction of sp³-hybridized carbons (Fsp3) is 0.308. The van der Waals surface area contributed by atoms with E-state index in [9.17, 15) is 4.79 Å². The van der Waals surface area contributed by atoms with E-state index < -0.39 is 0 Å². The molecular formula is C13H13N3O2S. The Morgan fingerprint density at radius 3 is 3.11 bits per heavy atom. The second-order valence-corrected chi connectivity index (χ2v) is 5.36. The first kappa shape index (κ1) is 12.2. The van der Waals surface area contributed by atoms with Crippen LogP contribution in [-0.2, 0) is 17.8 Å². The van der Waals surface area contributed by atoms with E-state index in [0.29, 0.717) is 18.8 Å². The fourth-order valence-corrected chi connectivity index (χ4v) is 2.81. The lowest BCUT2D eigenvalue weighted by molar-refractivity contribution is -0.129. The highest BCUT2D eigenvalue weighted by molar-refractivity contribution is 8.00. The molecule has 1 aliphatic heterocycles. The number of fused-ring (bicyclic) bond motifs is 1. The number of aromatic nitrogens is 2. The molecule has 98 valence electrons. The number of hydrogen-bond donors (Lipinski definition) is 0. The van der Waals surface area contributed by atoms with E-state index in [1.165, 1.54) is 11.8 Å². The first-order valence-corrected chi connectivity index (χ1v) is 7.04. The van der Waals surface area contributed by atoms with E-state index in [1.54, 1.807) is 18.6 Å². The molecule has 0 radical (unpaired) electrons. The number of thioether (sulfide) groups is 1. The van der Waals surface area contributed by atoms with Crippen molar-refractivity contribution >= 4 is 17.7 Å². The molecule has 0 saturated carbocycles. The summed E-state index contributed by atoms with van der Waals surface area (Å²) < 4.78 is 5.11. The summed E-state index contributed by atoms with van der Waals surface area (Å²) in [5.41, 5.74) is 1.02. The molecule has 1 aliphatic rings. The van der Waals surface area contributed by atoms with E-state index in [2.05, 4.69) is 10.1 Å². The number of carbonyl (C=O) groups excluding carboxylic acids is 1. The Morgan fingerprint density at radius 1 is 1.42 bits per heavy atom. The second-order valence-electron chi connectivity index (χ2n) is 4.31. The zero-order valence-electron chi connectivity index (χ0n) is 10.3. The van der Waals surface area contributed by atoms with Crippen LogP contribution < -0.4 is 0 Å². The monoisotopic (exact) mass is 275 g/mol. The smallest absolute Gasteiger partial charge is 0.233 e. The number of rotatable bonds is 3.